The van der Waals surface area contributed by atoms with Crippen LogP contribution in [0, 0.1) is 0 Å². The van der Waals surface area contributed by atoms with Crippen molar-refractivity contribution in [3.8, 4) is 5.75 Å². The van der Waals surface area contributed by atoms with Gasteiger partial charge in [-0.2, -0.15) is 0 Å². The summed E-state index contributed by atoms with van der Waals surface area (Å²) < 4.78 is 5.17. The third-order valence-electron chi connectivity index (χ3n) is 2.39. The van der Waals surface area contributed by atoms with Gasteiger partial charge in [0.15, 0.2) is 0 Å². The van der Waals surface area contributed by atoms with Crippen molar-refractivity contribution in [1.29, 1.82) is 0 Å². The lowest BCUT2D eigenvalue weighted by molar-refractivity contribution is 0.197. The van der Waals surface area contributed by atoms with Crippen LogP contribution in [0.5, 0.6) is 5.75 Å². The van der Waals surface area contributed by atoms with Gasteiger partial charge in [-0.25, -0.2) is 5.11 Å². The number of fused-ring (bicyclic) bond motifs is 1. The largest absolute Gasteiger partial charge is 0.497 e. The van der Waals surface area contributed by atoms with Crippen molar-refractivity contribution in [2.24, 2.45) is 0 Å². The van der Waals surface area contributed by atoms with Crippen molar-refractivity contribution in [2.75, 3.05) is 13.7 Å². The van der Waals surface area contributed by atoms with E-state index < -0.39 is 0 Å². The molecule has 0 amide bonds. The quantitative estimate of drug-likeness (QED) is 0.765. The molecule has 0 saturated carbocycles. The molecule has 1 aromatic heterocycles. The van der Waals surface area contributed by atoms with E-state index in [1.54, 1.807) is 13.3 Å². The van der Waals surface area contributed by atoms with Crippen LogP contribution in [0.15, 0.2) is 30.5 Å². The van der Waals surface area contributed by atoms with Crippen molar-refractivity contribution < 1.29 is 9.84 Å². The van der Waals surface area contributed by atoms with Gasteiger partial charge in [-0.05, 0) is 24.1 Å². The first-order chi connectivity index (χ1) is 7.35. The smallest absolute Gasteiger partial charge is 0.121 e. The van der Waals surface area contributed by atoms with Crippen LogP contribution >= 0.6 is 0 Å². The summed E-state index contributed by atoms with van der Waals surface area (Å²) in [6.45, 7) is -0.114. The molecule has 1 heterocycles. The summed E-state index contributed by atoms with van der Waals surface area (Å²) in [6, 6.07) is 7.64. The zero-order chi connectivity index (χ0) is 10.7. The minimum atomic E-state index is -0.114. The van der Waals surface area contributed by atoms with E-state index >= 15 is 0 Å². The Labute approximate surface area is 88.3 Å². The van der Waals surface area contributed by atoms with Crippen LogP contribution < -0.4 is 4.74 Å². The Kier molecular flexibility index (Phi) is 2.83. The molecule has 0 aliphatic carbocycles. The lowest BCUT2D eigenvalue weighted by Crippen LogP contribution is -1.94. The van der Waals surface area contributed by atoms with Crippen molar-refractivity contribution in [1.82, 2.24) is 4.98 Å². The van der Waals surface area contributed by atoms with Crippen LogP contribution in [-0.4, -0.2) is 18.7 Å². The summed E-state index contributed by atoms with van der Waals surface area (Å²) in [5.41, 5.74) is 1.88. The van der Waals surface area contributed by atoms with Gasteiger partial charge in [0.05, 0.1) is 19.2 Å². The van der Waals surface area contributed by atoms with Gasteiger partial charge in [0, 0.05) is 17.6 Å². The second-order valence-corrected chi connectivity index (χ2v) is 3.31. The zero-order valence-electron chi connectivity index (χ0n) is 8.56. The van der Waals surface area contributed by atoms with Crippen LogP contribution in [0.25, 0.3) is 10.9 Å². The first-order valence-electron chi connectivity index (χ1n) is 4.85. The highest BCUT2D eigenvalue weighted by Crippen LogP contribution is 2.23. The number of rotatable bonds is 3. The first-order valence-corrected chi connectivity index (χ1v) is 4.85. The number of hydrogen-bond acceptors (Lipinski definition) is 2. The highest BCUT2D eigenvalue weighted by Gasteiger charge is 2.04. The van der Waals surface area contributed by atoms with Crippen LogP contribution in [0.3, 0.4) is 0 Å². The van der Waals surface area contributed by atoms with Crippen molar-refractivity contribution in [2.45, 2.75) is 6.42 Å². The molecule has 15 heavy (non-hydrogen) atoms. The summed E-state index contributed by atoms with van der Waals surface area (Å²) in [7, 11) is 1.62. The summed E-state index contributed by atoms with van der Waals surface area (Å²) in [6.07, 6.45) is 2.25. The fraction of sp³-hybridized carbons (Fsp3) is 0.250. The lowest BCUT2D eigenvalue weighted by atomic mass is 10.1. The van der Waals surface area contributed by atoms with E-state index in [9.17, 15) is 5.11 Å². The maximum Gasteiger partial charge on any atom is 0.121 e. The van der Waals surface area contributed by atoms with E-state index in [1.807, 2.05) is 24.3 Å². The molecule has 0 saturated heterocycles. The summed E-state index contributed by atoms with van der Waals surface area (Å²) in [5, 5.41) is 11.7. The normalized spacial score (nSPS) is 10.5. The van der Waals surface area contributed by atoms with E-state index in [4.69, 9.17) is 4.74 Å². The highest BCUT2D eigenvalue weighted by molar-refractivity contribution is 5.83. The molecule has 0 fully saturated rings. The minimum absolute atomic E-state index is 0.114. The number of ether oxygens (including phenoxy) is 1. The van der Waals surface area contributed by atoms with E-state index in [1.165, 1.54) is 0 Å². The van der Waals surface area contributed by atoms with Crippen LogP contribution in [0.4, 0.5) is 0 Å². The average Bonchev–Trinajstić information content (AvgIpc) is 2.29. The summed E-state index contributed by atoms with van der Waals surface area (Å²) >= 11 is 0. The van der Waals surface area contributed by atoms with Gasteiger partial charge in [-0.1, -0.05) is 6.07 Å². The molecular formula is C12H12NO2. The van der Waals surface area contributed by atoms with E-state index in [2.05, 4.69) is 4.98 Å². The Bertz CT molecular complexity index is 468. The van der Waals surface area contributed by atoms with Gasteiger partial charge >= 0.3 is 0 Å². The number of aromatic nitrogens is 1. The van der Waals surface area contributed by atoms with Gasteiger partial charge in [-0.3, -0.25) is 4.98 Å². The molecule has 77 valence electrons. The number of pyridine rings is 1. The molecular weight excluding hydrogens is 190 g/mol. The molecule has 0 atom stereocenters. The van der Waals surface area contributed by atoms with Crippen LogP contribution in [0.2, 0.25) is 0 Å². The predicted molar refractivity (Wildman–Crippen MR) is 57.6 cm³/mol. The molecule has 0 unspecified atom stereocenters. The predicted octanol–water partition coefficient (Wildman–Crippen LogP) is 2.22. The number of hydrogen-bond donors (Lipinski definition) is 0. The third kappa shape index (κ3) is 1.92. The fourth-order valence-corrected chi connectivity index (χ4v) is 1.66. The fourth-order valence-electron chi connectivity index (χ4n) is 1.66. The highest BCUT2D eigenvalue weighted by atomic mass is 16.5. The Hall–Kier alpha value is -1.61. The average molecular weight is 202 g/mol. The standard InChI is InChI=1S/C12H12NO2/c1-15-10-7-9(4-6-14)11-3-2-5-13-12(11)8-10/h2-3,5,7-8H,4,6H2,1H3. The molecule has 0 spiro atoms. The Balaban J connectivity index is 2.63. The van der Waals surface area contributed by atoms with Gasteiger partial charge in [0.25, 0.3) is 0 Å². The number of benzene rings is 1. The van der Waals surface area contributed by atoms with E-state index in [-0.39, 0.29) is 6.61 Å². The molecule has 1 radical (unpaired) electrons. The SMILES string of the molecule is COc1cc(CC[O])c2cccnc2c1. The molecule has 2 aromatic rings. The molecule has 0 N–H and O–H groups in total. The second kappa shape index (κ2) is 4.28. The van der Waals surface area contributed by atoms with E-state index in [0.717, 1.165) is 22.2 Å². The van der Waals surface area contributed by atoms with Gasteiger partial charge < -0.3 is 4.74 Å². The van der Waals surface area contributed by atoms with Crippen molar-refractivity contribution in [3.63, 3.8) is 0 Å². The lowest BCUT2D eigenvalue weighted by Gasteiger charge is -2.07. The van der Waals surface area contributed by atoms with Crippen molar-refractivity contribution >= 4 is 10.9 Å². The molecule has 0 aliphatic rings. The second-order valence-electron chi connectivity index (χ2n) is 3.31. The summed E-state index contributed by atoms with van der Waals surface area (Å²) in [4.78, 5) is 4.25. The Morgan fingerprint density at radius 1 is 1.40 bits per heavy atom. The molecule has 2 rings (SSSR count). The molecule has 0 bridgehead atoms. The topological polar surface area (TPSA) is 42.0 Å². The van der Waals surface area contributed by atoms with Crippen LogP contribution in [-0.2, 0) is 11.5 Å². The maximum atomic E-state index is 10.7. The summed E-state index contributed by atoms with van der Waals surface area (Å²) in [5.74, 6) is 0.754. The molecule has 3 nitrogen and oxygen atoms in total. The number of nitrogens with zero attached hydrogens (tertiary/aromatic N) is 1. The zero-order valence-corrected chi connectivity index (χ0v) is 8.56. The van der Waals surface area contributed by atoms with Crippen molar-refractivity contribution in [3.05, 3.63) is 36.0 Å². The van der Waals surface area contributed by atoms with E-state index in [0.29, 0.717) is 6.42 Å². The number of methoxy groups -OCH3 is 1. The van der Waals surface area contributed by atoms with Gasteiger partial charge in [-0.15, -0.1) is 0 Å². The van der Waals surface area contributed by atoms with Gasteiger partial charge in [0.2, 0.25) is 0 Å². The molecule has 3 heteroatoms. The maximum absolute atomic E-state index is 10.7. The minimum Gasteiger partial charge on any atom is -0.497 e. The molecule has 1 aromatic carbocycles. The molecule has 0 aliphatic heterocycles. The third-order valence-corrected chi connectivity index (χ3v) is 2.39. The van der Waals surface area contributed by atoms with Crippen LogP contribution in [0.1, 0.15) is 5.56 Å². The van der Waals surface area contributed by atoms with Gasteiger partial charge in [0.1, 0.15) is 5.75 Å². The Morgan fingerprint density at radius 3 is 3.00 bits per heavy atom. The first kappa shape index (κ1) is 9.93. The Morgan fingerprint density at radius 2 is 2.27 bits per heavy atom. The monoisotopic (exact) mass is 202 g/mol.